The van der Waals surface area contributed by atoms with Crippen molar-refractivity contribution in [3.63, 3.8) is 0 Å². The second-order valence-electron chi connectivity index (χ2n) is 1.68. The van der Waals surface area contributed by atoms with Gasteiger partial charge in [-0.2, -0.15) is 0 Å². The molecule has 2 aliphatic rings. The lowest BCUT2D eigenvalue weighted by molar-refractivity contribution is 0.883. The molecule has 0 amide bonds. The summed E-state index contributed by atoms with van der Waals surface area (Å²) in [5.41, 5.74) is -0.880. The molecule has 2 aliphatic heterocycles. The Hall–Kier alpha value is -1.52. The smallest absolute Gasteiger partial charge is 0.281 e. The summed E-state index contributed by atoms with van der Waals surface area (Å²) in [6.45, 7) is 0. The molecule has 0 radical (unpaired) electrons. The summed E-state index contributed by atoms with van der Waals surface area (Å²) in [7, 11) is 0. The normalized spacial score (nSPS) is 11.1. The van der Waals surface area contributed by atoms with Crippen molar-refractivity contribution in [3.8, 4) is 0 Å². The molecule has 0 saturated heterocycles. The molecule has 5 nitrogen and oxygen atoms in total. The summed E-state index contributed by atoms with van der Waals surface area (Å²) >= 11 is 0. The second kappa shape index (κ2) is 1.07. The van der Waals surface area contributed by atoms with E-state index in [1.54, 1.807) is 0 Å². The molecule has 1 N–H and O–H groups in total. The SMILES string of the molecule is O=c1[nH]c(=O)c2nnc1=2. The Morgan fingerprint density at radius 1 is 1.00 bits per heavy atom. The van der Waals surface area contributed by atoms with E-state index < -0.39 is 11.1 Å². The van der Waals surface area contributed by atoms with Gasteiger partial charge >= 0.3 is 0 Å². The van der Waals surface area contributed by atoms with Crippen molar-refractivity contribution in [2.45, 2.75) is 0 Å². The van der Waals surface area contributed by atoms with Crippen molar-refractivity contribution in [2.24, 2.45) is 0 Å². The molecule has 44 valence electrons. The molecule has 2 rings (SSSR count). The first-order valence-corrected chi connectivity index (χ1v) is 2.31. The van der Waals surface area contributed by atoms with Gasteiger partial charge in [-0.25, -0.2) is 0 Å². The van der Waals surface area contributed by atoms with Gasteiger partial charge in [0.15, 0.2) is 10.7 Å². The van der Waals surface area contributed by atoms with Crippen LogP contribution in [0.15, 0.2) is 9.59 Å². The molecule has 0 aliphatic carbocycles. The van der Waals surface area contributed by atoms with Crippen LogP contribution in [0, 0.1) is 10.7 Å². The van der Waals surface area contributed by atoms with Crippen molar-refractivity contribution in [1.29, 1.82) is 0 Å². The lowest BCUT2D eigenvalue weighted by Crippen LogP contribution is -2.06. The summed E-state index contributed by atoms with van der Waals surface area (Å²) in [5, 5.41) is 7.00. The van der Waals surface area contributed by atoms with Gasteiger partial charge < -0.3 is 0 Å². The predicted molar refractivity (Wildman–Crippen MR) is 26.6 cm³/mol. The van der Waals surface area contributed by atoms with Gasteiger partial charge in [0.05, 0.1) is 0 Å². The van der Waals surface area contributed by atoms with E-state index in [1.165, 1.54) is 0 Å². The summed E-state index contributed by atoms with van der Waals surface area (Å²) < 4.78 is 0. The summed E-state index contributed by atoms with van der Waals surface area (Å²) in [4.78, 5) is 23.0. The third-order valence-electron chi connectivity index (χ3n) is 1.13. The molecule has 0 spiro atoms. The average molecular weight is 123 g/mol. The highest BCUT2D eigenvalue weighted by Crippen LogP contribution is 1.74. The maximum Gasteiger partial charge on any atom is 0.281 e. The molecule has 5 heteroatoms. The number of H-pyrrole nitrogens is 1. The predicted octanol–water partition coefficient (Wildman–Crippen LogP) is -1.87. The van der Waals surface area contributed by atoms with E-state index in [-0.39, 0.29) is 10.7 Å². The van der Waals surface area contributed by atoms with Crippen molar-refractivity contribution in [2.75, 3.05) is 0 Å². The molecule has 0 aromatic carbocycles. The molecular weight excluding hydrogens is 122 g/mol. The molecular formula is C4HN3O2. The van der Waals surface area contributed by atoms with Crippen LogP contribution in [0.2, 0.25) is 0 Å². The number of hydrogen-bond acceptors (Lipinski definition) is 4. The van der Waals surface area contributed by atoms with E-state index in [1.807, 2.05) is 4.98 Å². The van der Waals surface area contributed by atoms with Crippen molar-refractivity contribution >= 4 is 0 Å². The van der Waals surface area contributed by atoms with Crippen molar-refractivity contribution in [3.05, 3.63) is 31.4 Å². The van der Waals surface area contributed by atoms with Crippen molar-refractivity contribution in [1.82, 2.24) is 15.2 Å². The third-order valence-corrected chi connectivity index (χ3v) is 1.13. The van der Waals surface area contributed by atoms with E-state index in [2.05, 4.69) is 10.2 Å². The van der Waals surface area contributed by atoms with E-state index in [4.69, 9.17) is 0 Å². The van der Waals surface area contributed by atoms with Crippen LogP contribution in [0.5, 0.6) is 0 Å². The Bertz CT molecular complexity index is 419. The van der Waals surface area contributed by atoms with Crippen LogP contribution < -0.4 is 11.1 Å². The van der Waals surface area contributed by atoms with Gasteiger partial charge in [0.1, 0.15) is 0 Å². The first kappa shape index (κ1) is 4.37. The lowest BCUT2D eigenvalue weighted by atomic mass is 10.6. The molecule has 0 bridgehead atoms. The highest BCUT2D eigenvalue weighted by molar-refractivity contribution is 4.94. The third kappa shape index (κ3) is 0.343. The minimum Gasteiger partial charge on any atom is -0.285 e. The zero-order chi connectivity index (χ0) is 6.43. The van der Waals surface area contributed by atoms with Gasteiger partial charge in [-0.15, -0.1) is 10.2 Å². The van der Waals surface area contributed by atoms with Crippen molar-refractivity contribution < 1.29 is 0 Å². The summed E-state index contributed by atoms with van der Waals surface area (Å²) in [6, 6.07) is 0. The fraction of sp³-hybridized carbons (Fsp3) is 0. The lowest BCUT2D eigenvalue weighted by Gasteiger charge is -1.75. The highest BCUT2D eigenvalue weighted by atomic mass is 16.2. The average Bonchev–Trinajstić information content (AvgIpc) is 1.73. The highest BCUT2D eigenvalue weighted by Gasteiger charge is 2.06. The van der Waals surface area contributed by atoms with Crippen LogP contribution in [-0.4, -0.2) is 15.2 Å². The molecule has 2 heterocycles. The number of nitrogens with one attached hydrogen (secondary N) is 1. The maximum absolute atomic E-state index is 10.5. The van der Waals surface area contributed by atoms with E-state index in [0.29, 0.717) is 0 Å². The van der Waals surface area contributed by atoms with Crippen LogP contribution in [-0.2, 0) is 0 Å². The fourth-order valence-corrected chi connectivity index (χ4v) is 0.677. The number of aromatic amines is 1. The van der Waals surface area contributed by atoms with E-state index in [9.17, 15) is 9.59 Å². The minimum atomic E-state index is -0.440. The molecule has 0 atom stereocenters. The Morgan fingerprint density at radius 2 is 1.44 bits per heavy atom. The Balaban J connectivity index is 3.40. The van der Waals surface area contributed by atoms with Crippen LogP contribution in [0.3, 0.4) is 0 Å². The molecule has 9 heavy (non-hydrogen) atoms. The zero-order valence-corrected chi connectivity index (χ0v) is 4.21. The Kier molecular flexibility index (Phi) is 0.520. The van der Waals surface area contributed by atoms with Crippen LogP contribution >= 0.6 is 0 Å². The van der Waals surface area contributed by atoms with Gasteiger partial charge in [0, 0.05) is 0 Å². The quantitative estimate of drug-likeness (QED) is 0.445. The Labute approximate surface area is 47.7 Å². The molecule has 0 saturated carbocycles. The van der Waals surface area contributed by atoms with Gasteiger partial charge in [-0.05, 0) is 0 Å². The zero-order valence-electron chi connectivity index (χ0n) is 4.21. The largest absolute Gasteiger partial charge is 0.285 e. The van der Waals surface area contributed by atoms with Crippen LogP contribution in [0.25, 0.3) is 0 Å². The first-order chi connectivity index (χ1) is 4.29. The van der Waals surface area contributed by atoms with Gasteiger partial charge in [0.2, 0.25) is 0 Å². The second-order valence-corrected chi connectivity index (χ2v) is 1.68. The first-order valence-electron chi connectivity index (χ1n) is 2.31. The van der Waals surface area contributed by atoms with Gasteiger partial charge in [-0.3, -0.25) is 14.6 Å². The maximum atomic E-state index is 10.5. The molecule has 0 aromatic heterocycles. The number of rotatable bonds is 0. The topological polar surface area (TPSA) is 75.7 Å². The molecule has 0 aromatic rings. The number of nitrogens with zero attached hydrogens (tertiary/aromatic N) is 2. The molecule has 0 fully saturated rings. The number of aromatic nitrogens is 3. The standard InChI is InChI=1S/C4HN3O2/c8-3-1-2(7-6-1)4(9)5-3/h(H,5,8,9). The Morgan fingerprint density at radius 3 is 1.67 bits per heavy atom. The van der Waals surface area contributed by atoms with Crippen LogP contribution in [0.4, 0.5) is 0 Å². The monoisotopic (exact) mass is 123 g/mol. The van der Waals surface area contributed by atoms with E-state index in [0.717, 1.165) is 0 Å². The summed E-state index contributed by atoms with van der Waals surface area (Å²) in [6.07, 6.45) is 0. The van der Waals surface area contributed by atoms with E-state index >= 15 is 0 Å². The van der Waals surface area contributed by atoms with Gasteiger partial charge in [0.25, 0.3) is 11.1 Å². The van der Waals surface area contributed by atoms with Crippen LogP contribution in [0.1, 0.15) is 0 Å². The van der Waals surface area contributed by atoms with Gasteiger partial charge in [-0.1, -0.05) is 0 Å². The molecule has 0 unspecified atom stereocenters. The summed E-state index contributed by atoms with van der Waals surface area (Å²) in [5.74, 6) is 0. The fourth-order valence-electron chi connectivity index (χ4n) is 0.677. The minimum absolute atomic E-state index is 0.167. The number of hydrogen-bond donors (Lipinski definition) is 1.